The molecule has 274 valence electrons. The highest BCUT2D eigenvalue weighted by atomic mass is 16.6. The number of carbonyl (C=O) groups excluding carboxylic acids is 2. The lowest BCUT2D eigenvalue weighted by molar-refractivity contribution is -0.384. The third-order valence-corrected chi connectivity index (χ3v) is 9.07. The van der Waals surface area contributed by atoms with E-state index < -0.39 is 28.8 Å². The van der Waals surface area contributed by atoms with Crippen LogP contribution < -0.4 is 26.0 Å². The Balaban J connectivity index is 1.34. The number of nitro groups is 1. The fourth-order valence-electron chi connectivity index (χ4n) is 6.28. The number of anilines is 2. The van der Waals surface area contributed by atoms with Gasteiger partial charge in [0.05, 0.1) is 30.7 Å². The zero-order valence-corrected chi connectivity index (χ0v) is 29.6. The number of unbranched alkanes of at least 4 members (excludes halogenated alkanes) is 1. The molecule has 0 heterocycles. The molecule has 5 aromatic rings. The molecule has 0 aliphatic rings. The molecule has 0 saturated carbocycles. The molecule has 5 aromatic carbocycles. The maximum absolute atomic E-state index is 13.7. The minimum atomic E-state index is -0.989. The number of hydrogen-bond acceptors (Lipinski definition) is 8. The Morgan fingerprint density at radius 1 is 0.811 bits per heavy atom. The molecule has 11 heteroatoms. The monoisotopic (exact) mass is 715 g/mol. The summed E-state index contributed by atoms with van der Waals surface area (Å²) in [5.74, 6) is -0.127. The molecular formula is C42H45N5O6. The quantitative estimate of drug-likeness (QED) is 0.0451. The number of methoxy groups -OCH3 is 1. The third-order valence-electron chi connectivity index (χ3n) is 9.07. The minimum Gasteiger partial charge on any atom is -0.496 e. The second-order valence-corrected chi connectivity index (χ2v) is 12.7. The van der Waals surface area contributed by atoms with Crippen molar-refractivity contribution >= 4 is 28.9 Å². The summed E-state index contributed by atoms with van der Waals surface area (Å²) in [7, 11) is 1.67. The summed E-state index contributed by atoms with van der Waals surface area (Å²) in [4.78, 5) is 40.0. The standard InChI is InChI=1S/C42H45N5O6/c1-53-39-18-9-8-16-36(39)40(32-12-4-2-5-13-32)46(34-14-6-3-7-15-34)27-11-10-17-38(42(50)44-33-23-19-31(29-48)20-24-33)45-41(49)37(43)28-30-21-25-35(26-22-30)47(51)52/h2-9,12-16,18-26,37-38,40,48H,10-11,17,27-29,43H2,1H3,(H,44,50)(H,45,49)/t37-,38-,40?/m0/s1. The molecule has 0 bridgehead atoms. The van der Waals surface area contributed by atoms with Crippen LogP contribution in [0.2, 0.25) is 0 Å². The number of amides is 2. The number of nitrogens with two attached hydrogens (primary N) is 1. The van der Waals surface area contributed by atoms with Crippen LogP contribution in [0.3, 0.4) is 0 Å². The van der Waals surface area contributed by atoms with E-state index in [0.717, 1.165) is 22.6 Å². The van der Waals surface area contributed by atoms with Gasteiger partial charge in [0.15, 0.2) is 0 Å². The molecule has 2 amide bonds. The van der Waals surface area contributed by atoms with E-state index in [0.29, 0.717) is 42.6 Å². The highest BCUT2D eigenvalue weighted by molar-refractivity contribution is 5.97. The van der Waals surface area contributed by atoms with Gasteiger partial charge in [-0.25, -0.2) is 0 Å². The first-order valence-corrected chi connectivity index (χ1v) is 17.6. The van der Waals surface area contributed by atoms with Crippen LogP contribution in [0.5, 0.6) is 5.75 Å². The molecule has 0 fully saturated rings. The molecule has 3 atom stereocenters. The van der Waals surface area contributed by atoms with Crippen LogP contribution in [0.25, 0.3) is 0 Å². The second kappa shape index (κ2) is 19.0. The zero-order valence-electron chi connectivity index (χ0n) is 29.6. The van der Waals surface area contributed by atoms with Crippen molar-refractivity contribution in [2.45, 2.75) is 50.4 Å². The van der Waals surface area contributed by atoms with Gasteiger partial charge in [-0.05, 0) is 72.7 Å². The van der Waals surface area contributed by atoms with Crippen LogP contribution in [0.15, 0.2) is 133 Å². The third kappa shape index (κ3) is 10.5. The van der Waals surface area contributed by atoms with E-state index in [1.54, 1.807) is 43.5 Å². The lowest BCUT2D eigenvalue weighted by atomic mass is 9.95. The number of rotatable bonds is 18. The van der Waals surface area contributed by atoms with Gasteiger partial charge < -0.3 is 31.1 Å². The maximum atomic E-state index is 13.7. The fraction of sp³-hybridized carbons (Fsp3) is 0.238. The number of para-hydroxylation sites is 2. The minimum absolute atomic E-state index is 0.0562. The first-order valence-electron chi connectivity index (χ1n) is 17.6. The van der Waals surface area contributed by atoms with Crippen molar-refractivity contribution in [3.63, 3.8) is 0 Å². The molecule has 0 aromatic heterocycles. The second-order valence-electron chi connectivity index (χ2n) is 12.7. The van der Waals surface area contributed by atoms with Gasteiger partial charge in [0.25, 0.3) is 5.69 Å². The van der Waals surface area contributed by atoms with Crippen molar-refractivity contribution in [1.29, 1.82) is 0 Å². The van der Waals surface area contributed by atoms with E-state index in [1.807, 2.05) is 54.6 Å². The summed E-state index contributed by atoms with van der Waals surface area (Å²) in [5, 5.41) is 26.2. The van der Waals surface area contributed by atoms with Crippen LogP contribution in [0.4, 0.5) is 17.1 Å². The van der Waals surface area contributed by atoms with Gasteiger partial charge in [-0.1, -0.05) is 91.0 Å². The largest absolute Gasteiger partial charge is 0.496 e. The van der Waals surface area contributed by atoms with Crippen molar-refractivity contribution in [3.8, 4) is 5.75 Å². The summed E-state index contributed by atoms with van der Waals surface area (Å²) < 4.78 is 5.83. The number of benzene rings is 5. The maximum Gasteiger partial charge on any atom is 0.269 e. The number of hydrogen-bond donors (Lipinski definition) is 4. The topological polar surface area (TPSA) is 160 Å². The molecular weight excluding hydrogens is 670 g/mol. The predicted molar refractivity (Wildman–Crippen MR) is 207 cm³/mol. The van der Waals surface area contributed by atoms with Gasteiger partial charge in [0.2, 0.25) is 11.8 Å². The smallest absolute Gasteiger partial charge is 0.269 e. The number of nitrogens with one attached hydrogen (secondary N) is 2. The first kappa shape index (κ1) is 38.2. The van der Waals surface area contributed by atoms with Gasteiger partial charge in [-0.3, -0.25) is 19.7 Å². The average Bonchev–Trinajstić information content (AvgIpc) is 3.19. The molecule has 5 rings (SSSR count). The van der Waals surface area contributed by atoms with Gasteiger partial charge in [-0.15, -0.1) is 0 Å². The van der Waals surface area contributed by atoms with Crippen LogP contribution in [-0.4, -0.2) is 47.6 Å². The zero-order chi connectivity index (χ0) is 37.6. The molecule has 0 aliphatic carbocycles. The highest BCUT2D eigenvalue weighted by Gasteiger charge is 2.27. The van der Waals surface area contributed by atoms with Crippen molar-refractivity contribution < 1.29 is 24.4 Å². The number of nitrogens with zero attached hydrogens (tertiary/aromatic N) is 2. The van der Waals surface area contributed by atoms with E-state index >= 15 is 0 Å². The summed E-state index contributed by atoms with van der Waals surface area (Å²) in [6, 6.07) is 39.1. The SMILES string of the molecule is COc1ccccc1C(c1ccccc1)N(CCCC[C@H](NC(=O)[C@@H](N)Cc1ccc([N+](=O)[O-])cc1)C(=O)Nc1ccc(CO)cc1)c1ccccc1. The van der Waals surface area contributed by atoms with Gasteiger partial charge in [0, 0.05) is 35.6 Å². The number of nitro benzene ring substituents is 1. The van der Waals surface area contributed by atoms with Gasteiger partial charge in [0.1, 0.15) is 11.8 Å². The Morgan fingerprint density at radius 3 is 2.08 bits per heavy atom. The summed E-state index contributed by atoms with van der Waals surface area (Å²) >= 11 is 0. The average molecular weight is 716 g/mol. The van der Waals surface area contributed by atoms with E-state index in [-0.39, 0.29) is 24.8 Å². The molecule has 5 N–H and O–H groups in total. The Kier molecular flexibility index (Phi) is 13.7. The Labute approximate surface area is 309 Å². The van der Waals surface area contributed by atoms with Crippen molar-refractivity contribution in [2.75, 3.05) is 23.9 Å². The molecule has 0 aliphatic heterocycles. The number of ether oxygens (including phenoxy) is 1. The lowest BCUT2D eigenvalue weighted by Gasteiger charge is -2.35. The highest BCUT2D eigenvalue weighted by Crippen LogP contribution is 2.37. The molecule has 0 radical (unpaired) electrons. The van der Waals surface area contributed by atoms with Crippen molar-refractivity contribution in [3.05, 3.63) is 166 Å². The van der Waals surface area contributed by atoms with Crippen LogP contribution in [-0.2, 0) is 22.6 Å². The molecule has 53 heavy (non-hydrogen) atoms. The molecule has 11 nitrogen and oxygen atoms in total. The normalized spacial score (nSPS) is 12.6. The molecule has 1 unspecified atom stereocenters. The van der Waals surface area contributed by atoms with Crippen molar-refractivity contribution in [1.82, 2.24) is 5.32 Å². The molecule has 0 saturated heterocycles. The predicted octanol–water partition coefficient (Wildman–Crippen LogP) is 6.56. The number of aliphatic hydroxyl groups is 1. The number of non-ortho nitro benzene ring substituents is 1. The summed E-state index contributed by atoms with van der Waals surface area (Å²) in [6.07, 6.45) is 1.75. The van der Waals surface area contributed by atoms with E-state index in [1.165, 1.54) is 12.1 Å². The lowest BCUT2D eigenvalue weighted by Crippen LogP contribution is -2.50. The van der Waals surface area contributed by atoms with Gasteiger partial charge >= 0.3 is 0 Å². The van der Waals surface area contributed by atoms with E-state index in [4.69, 9.17) is 10.5 Å². The molecule has 0 spiro atoms. The van der Waals surface area contributed by atoms with Gasteiger partial charge in [-0.2, -0.15) is 0 Å². The number of carbonyl (C=O) groups is 2. The van der Waals surface area contributed by atoms with E-state index in [9.17, 15) is 24.8 Å². The summed E-state index contributed by atoms with van der Waals surface area (Å²) in [5.41, 5.74) is 11.3. The number of aliphatic hydroxyl groups excluding tert-OH is 1. The van der Waals surface area contributed by atoms with Crippen molar-refractivity contribution in [2.24, 2.45) is 5.73 Å². The fourth-order valence-corrected chi connectivity index (χ4v) is 6.28. The van der Waals surface area contributed by atoms with E-state index in [2.05, 4.69) is 45.9 Å². The first-order chi connectivity index (χ1) is 25.8. The Bertz CT molecular complexity index is 1920. The van der Waals surface area contributed by atoms with Crippen LogP contribution in [0, 0.1) is 10.1 Å². The van der Waals surface area contributed by atoms with Crippen LogP contribution in [0.1, 0.15) is 47.6 Å². The van der Waals surface area contributed by atoms with Crippen LogP contribution >= 0.6 is 0 Å². The summed E-state index contributed by atoms with van der Waals surface area (Å²) in [6.45, 7) is 0.508. The Morgan fingerprint density at radius 2 is 1.43 bits per heavy atom. The Hall–Kier alpha value is -6.04.